The minimum Gasteiger partial charge on any atom is -0.506 e. The summed E-state index contributed by atoms with van der Waals surface area (Å²) in [5.74, 6) is -0.266. The van der Waals surface area contributed by atoms with E-state index >= 15 is 0 Å². The number of nitriles is 1. The Balaban J connectivity index is 3.34. The molecule has 0 spiro atoms. The molecule has 0 saturated heterocycles. The van der Waals surface area contributed by atoms with Gasteiger partial charge in [0.2, 0.25) is 0 Å². The van der Waals surface area contributed by atoms with Gasteiger partial charge >= 0.3 is 0 Å². The van der Waals surface area contributed by atoms with Crippen LogP contribution < -0.4 is 0 Å². The third kappa shape index (κ3) is 1.78. The summed E-state index contributed by atoms with van der Waals surface area (Å²) >= 11 is 0. The number of nitrogens with zero attached hydrogens (tertiary/aromatic N) is 1. The van der Waals surface area contributed by atoms with E-state index in [4.69, 9.17) is 5.26 Å². The van der Waals surface area contributed by atoms with E-state index in [1.165, 1.54) is 26.0 Å². The number of para-hydroxylation sites is 1. The third-order valence-corrected chi connectivity index (χ3v) is 1.80. The zero-order valence-corrected chi connectivity index (χ0v) is 7.50. The molecule has 1 rings (SSSR count). The Bertz CT molecular complexity index is 360. The fourth-order valence-electron chi connectivity index (χ4n) is 1.11. The summed E-state index contributed by atoms with van der Waals surface area (Å²) in [6.45, 7) is 2.67. The van der Waals surface area contributed by atoms with E-state index in [2.05, 4.69) is 0 Å². The van der Waals surface area contributed by atoms with Gasteiger partial charge in [-0.25, -0.2) is 4.39 Å². The molecule has 68 valence electrons. The van der Waals surface area contributed by atoms with Gasteiger partial charge in [0.15, 0.2) is 0 Å². The molecular weight excluding hydrogens is 169 g/mol. The van der Waals surface area contributed by atoms with Crippen molar-refractivity contribution in [1.29, 1.82) is 5.26 Å². The first-order chi connectivity index (χ1) is 5.96. The van der Waals surface area contributed by atoms with Gasteiger partial charge in [0.25, 0.3) is 0 Å². The number of hydrogen-bond acceptors (Lipinski definition) is 2. The molecule has 2 nitrogen and oxygen atoms in total. The van der Waals surface area contributed by atoms with E-state index < -0.39 is 5.67 Å². The zero-order chi connectivity index (χ0) is 10.1. The number of phenolic OH excluding ortho intramolecular Hbond substituents is 1. The van der Waals surface area contributed by atoms with Gasteiger partial charge in [-0.3, -0.25) is 0 Å². The number of phenols is 1. The molecule has 0 heterocycles. The van der Waals surface area contributed by atoms with Gasteiger partial charge < -0.3 is 5.11 Å². The molecule has 0 saturated carbocycles. The summed E-state index contributed by atoms with van der Waals surface area (Å²) in [6.07, 6.45) is 0. The monoisotopic (exact) mass is 179 g/mol. The lowest BCUT2D eigenvalue weighted by molar-refractivity contribution is 0.214. The molecule has 0 unspecified atom stereocenters. The average Bonchev–Trinajstić information content (AvgIpc) is 2.02. The molecule has 3 heteroatoms. The zero-order valence-electron chi connectivity index (χ0n) is 7.50. The van der Waals surface area contributed by atoms with Crippen molar-refractivity contribution in [3.8, 4) is 11.8 Å². The van der Waals surface area contributed by atoms with Crippen molar-refractivity contribution < 1.29 is 9.50 Å². The molecule has 0 bridgehead atoms. The Morgan fingerprint density at radius 1 is 1.46 bits per heavy atom. The lowest BCUT2D eigenvalue weighted by atomic mass is 9.97. The van der Waals surface area contributed by atoms with Gasteiger partial charge in [-0.15, -0.1) is 0 Å². The quantitative estimate of drug-likeness (QED) is 0.719. The van der Waals surface area contributed by atoms with Crippen LogP contribution in [0.25, 0.3) is 0 Å². The largest absolute Gasteiger partial charge is 0.506 e. The second-order valence-corrected chi connectivity index (χ2v) is 3.29. The molecule has 0 aromatic heterocycles. The first-order valence-electron chi connectivity index (χ1n) is 3.88. The molecule has 13 heavy (non-hydrogen) atoms. The number of halogens is 1. The molecule has 1 N–H and O–H groups in total. The third-order valence-electron chi connectivity index (χ3n) is 1.80. The lowest BCUT2D eigenvalue weighted by Gasteiger charge is -2.16. The van der Waals surface area contributed by atoms with Crippen molar-refractivity contribution in [2.75, 3.05) is 0 Å². The Labute approximate surface area is 76.2 Å². The average molecular weight is 179 g/mol. The number of benzene rings is 1. The van der Waals surface area contributed by atoms with Crippen molar-refractivity contribution in [3.05, 3.63) is 29.3 Å². The van der Waals surface area contributed by atoms with Crippen LogP contribution in [0.3, 0.4) is 0 Å². The molecular formula is C10H10FNO. The van der Waals surface area contributed by atoms with E-state index in [-0.39, 0.29) is 16.9 Å². The maximum Gasteiger partial charge on any atom is 0.139 e. The SMILES string of the molecule is CC(C)(F)c1cccc(C#N)c1O. The number of rotatable bonds is 1. The summed E-state index contributed by atoms with van der Waals surface area (Å²) in [5, 5.41) is 18.0. The fraction of sp³-hybridized carbons (Fsp3) is 0.300. The predicted molar refractivity (Wildman–Crippen MR) is 47.0 cm³/mol. The van der Waals surface area contributed by atoms with Crippen LogP contribution in [0.5, 0.6) is 5.75 Å². The summed E-state index contributed by atoms with van der Waals surface area (Å²) in [7, 11) is 0. The number of hydrogen-bond donors (Lipinski definition) is 1. The van der Waals surface area contributed by atoms with Gasteiger partial charge in [-0.1, -0.05) is 12.1 Å². The second-order valence-electron chi connectivity index (χ2n) is 3.29. The topological polar surface area (TPSA) is 44.0 Å². The molecule has 0 radical (unpaired) electrons. The van der Waals surface area contributed by atoms with E-state index in [0.29, 0.717) is 0 Å². The van der Waals surface area contributed by atoms with Gasteiger partial charge in [0, 0.05) is 5.56 Å². The molecule has 1 aromatic carbocycles. The van der Waals surface area contributed by atoms with Crippen molar-refractivity contribution in [2.45, 2.75) is 19.5 Å². The minimum atomic E-state index is -1.63. The second kappa shape index (κ2) is 3.06. The minimum absolute atomic E-state index is 0.100. The molecule has 0 fully saturated rings. The maximum absolute atomic E-state index is 13.4. The van der Waals surface area contributed by atoms with Crippen molar-refractivity contribution in [3.63, 3.8) is 0 Å². The highest BCUT2D eigenvalue weighted by molar-refractivity contribution is 5.49. The van der Waals surface area contributed by atoms with Gasteiger partial charge in [-0.05, 0) is 19.9 Å². The summed E-state index contributed by atoms with van der Waals surface area (Å²) in [6, 6.07) is 6.26. The Morgan fingerprint density at radius 3 is 2.54 bits per heavy atom. The normalized spacial score (nSPS) is 10.9. The summed E-state index contributed by atoms with van der Waals surface area (Å²) in [5.41, 5.74) is -1.38. The van der Waals surface area contributed by atoms with E-state index in [0.717, 1.165) is 0 Å². The Morgan fingerprint density at radius 2 is 2.08 bits per heavy atom. The molecule has 0 aliphatic carbocycles. The van der Waals surface area contributed by atoms with Crippen LogP contribution in [-0.2, 0) is 5.67 Å². The highest BCUT2D eigenvalue weighted by Gasteiger charge is 2.23. The number of aromatic hydroxyl groups is 1. The fourth-order valence-corrected chi connectivity index (χ4v) is 1.11. The summed E-state index contributed by atoms with van der Waals surface area (Å²) < 4.78 is 13.4. The van der Waals surface area contributed by atoms with Crippen LogP contribution in [0.1, 0.15) is 25.0 Å². The predicted octanol–water partition coefficient (Wildman–Crippen LogP) is 2.47. The highest BCUT2D eigenvalue weighted by atomic mass is 19.1. The van der Waals surface area contributed by atoms with Crippen LogP contribution in [-0.4, -0.2) is 5.11 Å². The molecule has 0 aliphatic heterocycles. The van der Waals surface area contributed by atoms with Gasteiger partial charge in [0.05, 0.1) is 5.56 Å². The van der Waals surface area contributed by atoms with Crippen molar-refractivity contribution in [2.24, 2.45) is 0 Å². The van der Waals surface area contributed by atoms with E-state index in [9.17, 15) is 9.50 Å². The molecule has 0 aliphatic rings. The molecule has 1 aromatic rings. The maximum atomic E-state index is 13.4. The van der Waals surface area contributed by atoms with Crippen molar-refractivity contribution in [1.82, 2.24) is 0 Å². The van der Waals surface area contributed by atoms with E-state index in [1.54, 1.807) is 12.1 Å². The highest BCUT2D eigenvalue weighted by Crippen LogP contribution is 2.33. The first-order valence-corrected chi connectivity index (χ1v) is 3.88. The lowest BCUT2D eigenvalue weighted by Crippen LogP contribution is -2.09. The molecule has 0 atom stereocenters. The van der Waals surface area contributed by atoms with Crippen molar-refractivity contribution >= 4 is 0 Å². The first kappa shape index (κ1) is 9.53. The van der Waals surface area contributed by atoms with Crippen LogP contribution in [0.4, 0.5) is 4.39 Å². The van der Waals surface area contributed by atoms with Crippen LogP contribution in [0.2, 0.25) is 0 Å². The Hall–Kier alpha value is -1.56. The Kier molecular flexibility index (Phi) is 2.24. The standard InChI is InChI=1S/C10H10FNO/c1-10(2,11)8-5-3-4-7(6-12)9(8)13/h3-5,13H,1-2H3. The van der Waals surface area contributed by atoms with E-state index in [1.807, 2.05) is 0 Å². The smallest absolute Gasteiger partial charge is 0.139 e. The summed E-state index contributed by atoms with van der Waals surface area (Å²) in [4.78, 5) is 0. The van der Waals surface area contributed by atoms with Gasteiger partial charge in [-0.2, -0.15) is 5.26 Å². The van der Waals surface area contributed by atoms with Crippen LogP contribution >= 0.6 is 0 Å². The number of alkyl halides is 1. The van der Waals surface area contributed by atoms with Crippen LogP contribution in [0, 0.1) is 11.3 Å². The van der Waals surface area contributed by atoms with Gasteiger partial charge in [0.1, 0.15) is 17.5 Å². The molecule has 0 amide bonds. The van der Waals surface area contributed by atoms with Crippen LogP contribution in [0.15, 0.2) is 18.2 Å².